The first-order valence-corrected chi connectivity index (χ1v) is 26.6. The Labute approximate surface area is 457 Å². The Morgan fingerprint density at radius 1 is 0.550 bits per heavy atom. The highest BCUT2D eigenvalue weighted by Gasteiger charge is 2.53. The van der Waals surface area contributed by atoms with E-state index in [0.717, 1.165) is 13.8 Å². The molecule has 8 N–H and O–H groups in total. The van der Waals surface area contributed by atoms with Crippen LogP contribution in [0.15, 0.2) is 36.4 Å². The third kappa shape index (κ3) is 8.53. The maximum Gasteiger partial charge on any atom is 0.202 e. The molecule has 3 heterocycles. The van der Waals surface area contributed by atoms with Crippen LogP contribution in [0.5, 0.6) is 34.5 Å². The van der Waals surface area contributed by atoms with Crippen LogP contribution in [0, 0.1) is 0 Å². The minimum absolute atomic E-state index is 0.0310. The number of aliphatic hydroxyl groups excluding tert-OH is 2. The Bertz CT molecular complexity index is 3120. The number of aromatic hydroxyl groups is 4. The highest BCUT2D eigenvalue weighted by atomic mass is 16.7. The molecule has 0 saturated carbocycles. The maximum atomic E-state index is 14.2. The van der Waals surface area contributed by atoms with Crippen molar-refractivity contribution in [2.24, 2.45) is 0 Å². The van der Waals surface area contributed by atoms with Crippen LogP contribution < -0.4 is 9.47 Å². The number of hydrogen-bond acceptors (Lipinski definition) is 22. The highest BCUT2D eigenvalue weighted by Crippen LogP contribution is 2.55. The fourth-order valence-electron chi connectivity index (χ4n) is 13.3. The molecule has 0 radical (unpaired) electrons. The Kier molecular flexibility index (Phi) is 13.9. The third-order valence-corrected chi connectivity index (χ3v) is 17.7. The van der Waals surface area contributed by atoms with E-state index in [9.17, 15) is 69.6 Å². The summed E-state index contributed by atoms with van der Waals surface area (Å²) in [7, 11) is 2.64. The molecular weight excluding hydrogens is 1040 g/mol. The Balaban J connectivity index is 0.823. The number of phenols is 4. The lowest BCUT2D eigenvalue weighted by atomic mass is 9.72. The van der Waals surface area contributed by atoms with Gasteiger partial charge in [0.1, 0.15) is 45.7 Å². The molecular formula is C58H62N2O20. The molecule has 11 rings (SSSR count). The van der Waals surface area contributed by atoms with Crippen molar-refractivity contribution in [2.75, 3.05) is 40.4 Å². The topological polar surface area (TPSA) is 326 Å². The van der Waals surface area contributed by atoms with Gasteiger partial charge in [0.15, 0.2) is 35.7 Å². The molecule has 1 unspecified atom stereocenters. The minimum Gasteiger partial charge on any atom is -0.507 e. The molecule has 80 heavy (non-hydrogen) atoms. The molecule has 3 fully saturated rings. The Morgan fingerprint density at radius 3 is 1.24 bits per heavy atom. The van der Waals surface area contributed by atoms with Gasteiger partial charge in [-0.05, 0) is 39.8 Å². The lowest BCUT2D eigenvalue weighted by Crippen LogP contribution is -2.63. The average Bonchev–Trinajstić information content (AvgIpc) is 3.45. The molecule has 4 aromatic rings. The second kappa shape index (κ2) is 20.1. The molecule has 4 aliphatic carbocycles. The van der Waals surface area contributed by atoms with Gasteiger partial charge < -0.3 is 69.3 Å². The first-order chi connectivity index (χ1) is 37.9. The van der Waals surface area contributed by atoms with Gasteiger partial charge in [-0.2, -0.15) is 0 Å². The first kappa shape index (κ1) is 55.2. The van der Waals surface area contributed by atoms with Gasteiger partial charge in [-0.3, -0.25) is 38.6 Å². The molecule has 424 valence electrons. The van der Waals surface area contributed by atoms with Crippen LogP contribution in [0.2, 0.25) is 0 Å². The number of nitrogens with zero attached hydrogens (tertiary/aromatic N) is 2. The van der Waals surface area contributed by atoms with Crippen LogP contribution in [0.3, 0.4) is 0 Å². The summed E-state index contributed by atoms with van der Waals surface area (Å²) in [4.78, 5) is 86.6. The van der Waals surface area contributed by atoms with Crippen LogP contribution in [-0.4, -0.2) is 186 Å². The summed E-state index contributed by atoms with van der Waals surface area (Å²) in [6, 6.07) is 7.53. The SMILES string of the molecule is COc1cccc2c1C(=O)c1c(O)c3c(c(O)c1C2=O)C[C@@](O)(C(C)=O)C[C@@H]3O[C@H]1C[C@H](N2CCN(C3C[C@H](O[C@H]4C[C@](O)(C(C)=O)Cc5c(O)c6c(c(O)c54)C(=O)c4c(OC)cccc4C6=O)O[C@@H](C)[C@H]3O)CC2)[C@H](O)[C@H](C)O1. The number of rotatable bonds is 10. The van der Waals surface area contributed by atoms with E-state index in [0.29, 0.717) is 26.2 Å². The van der Waals surface area contributed by atoms with E-state index in [1.807, 2.05) is 9.80 Å². The number of methoxy groups -OCH3 is 2. The van der Waals surface area contributed by atoms with Crippen molar-refractivity contribution in [1.82, 2.24) is 9.80 Å². The molecule has 0 bridgehead atoms. The van der Waals surface area contributed by atoms with E-state index in [2.05, 4.69) is 0 Å². The number of aliphatic hydroxyl groups is 4. The molecule has 22 heteroatoms. The van der Waals surface area contributed by atoms with Gasteiger partial charge in [0.2, 0.25) is 11.6 Å². The first-order valence-electron chi connectivity index (χ1n) is 26.6. The molecule has 4 aromatic carbocycles. The van der Waals surface area contributed by atoms with E-state index >= 15 is 0 Å². The number of ketones is 6. The monoisotopic (exact) mass is 1110 g/mol. The zero-order valence-corrected chi connectivity index (χ0v) is 44.7. The average molecular weight is 1110 g/mol. The fraction of sp³-hybridized carbons (Fsp3) is 0.483. The van der Waals surface area contributed by atoms with Crippen molar-refractivity contribution in [1.29, 1.82) is 0 Å². The molecule has 0 spiro atoms. The number of carbonyl (C=O) groups is 6. The lowest BCUT2D eigenvalue weighted by molar-refractivity contribution is -0.265. The van der Waals surface area contributed by atoms with E-state index in [-0.39, 0.29) is 68.8 Å². The Morgan fingerprint density at radius 2 is 0.900 bits per heavy atom. The van der Waals surface area contributed by atoms with E-state index in [4.69, 9.17) is 28.4 Å². The molecule has 3 saturated heterocycles. The van der Waals surface area contributed by atoms with Crippen molar-refractivity contribution < 1.29 is 98.0 Å². The van der Waals surface area contributed by atoms with Gasteiger partial charge in [-0.25, -0.2) is 0 Å². The van der Waals surface area contributed by atoms with Crippen molar-refractivity contribution in [3.8, 4) is 34.5 Å². The molecule has 12 atom stereocenters. The number of fused-ring (bicyclic) bond motifs is 6. The smallest absolute Gasteiger partial charge is 0.202 e. The summed E-state index contributed by atoms with van der Waals surface area (Å²) in [5.41, 5.74) is -7.14. The summed E-state index contributed by atoms with van der Waals surface area (Å²) >= 11 is 0. The number of hydrogen-bond donors (Lipinski definition) is 8. The Hall–Kier alpha value is -6.70. The lowest BCUT2D eigenvalue weighted by Gasteiger charge is -2.50. The van der Waals surface area contributed by atoms with Crippen molar-refractivity contribution in [3.63, 3.8) is 0 Å². The normalized spacial score (nSPS) is 31.3. The zero-order chi connectivity index (χ0) is 57.3. The molecule has 7 aliphatic rings. The van der Waals surface area contributed by atoms with Crippen LogP contribution in [0.4, 0.5) is 0 Å². The molecule has 22 nitrogen and oxygen atoms in total. The van der Waals surface area contributed by atoms with Crippen LogP contribution in [0.25, 0.3) is 0 Å². The van der Waals surface area contributed by atoms with E-state index in [1.165, 1.54) is 50.6 Å². The minimum atomic E-state index is -2.14. The summed E-state index contributed by atoms with van der Waals surface area (Å²) < 4.78 is 36.3. The highest BCUT2D eigenvalue weighted by molar-refractivity contribution is 6.32. The third-order valence-electron chi connectivity index (χ3n) is 17.7. The second-order valence-electron chi connectivity index (χ2n) is 22.1. The van der Waals surface area contributed by atoms with Crippen molar-refractivity contribution >= 4 is 34.7 Å². The van der Waals surface area contributed by atoms with Gasteiger partial charge in [0.05, 0.1) is 84.2 Å². The standard InChI is InChI=1S/C58H62N2O20/c1-23-47(63)31(17-37(77-23)79-35-21-57(73,25(3)61)19-29-41(35)55(71)45-43(51(29)67)49(65)27-9-7-11-33(75-5)39(27)53(45)69)59-13-15-60(16-14-59)32-18-38(78-24(2)48(32)64)80-36-22-58(74,26(4)62)20-30-42(36)56(72)46-44(52(30)68)50(66)28-10-8-12-34(76-6)40(28)54(46)70/h7-12,23-24,31-32,35-38,47-48,63-64,67-68,71-74H,13-22H2,1-6H3/t23-,24-,31-,32?,35-,36-,37-,38-,47+,48+,57-,58-/m0/s1. The number of phenolic OH excluding ortho intramolecular Hbond substituents is 4. The van der Waals surface area contributed by atoms with E-state index < -0.39 is 178 Å². The van der Waals surface area contributed by atoms with Crippen LogP contribution in [-0.2, 0) is 41.4 Å². The summed E-state index contributed by atoms with van der Waals surface area (Å²) in [6.07, 6.45) is -10.7. The van der Waals surface area contributed by atoms with Crippen molar-refractivity contribution in [3.05, 3.63) is 103 Å². The number of benzene rings is 4. The summed E-state index contributed by atoms with van der Waals surface area (Å²) in [5.74, 6) is -7.11. The van der Waals surface area contributed by atoms with Gasteiger partial charge in [0.25, 0.3) is 0 Å². The largest absolute Gasteiger partial charge is 0.507 e. The molecule has 0 aromatic heterocycles. The maximum absolute atomic E-state index is 14.2. The van der Waals surface area contributed by atoms with Crippen LogP contribution in [0.1, 0.15) is 152 Å². The zero-order valence-electron chi connectivity index (χ0n) is 44.7. The summed E-state index contributed by atoms with van der Waals surface area (Å²) in [6.45, 7) is 7.01. The molecule has 0 amide bonds. The number of Topliss-reactive ketones (excluding diaryl/α,β-unsaturated/α-hetero) is 2. The van der Waals surface area contributed by atoms with Gasteiger partial charge in [0, 0.05) is 110 Å². The van der Waals surface area contributed by atoms with E-state index in [1.54, 1.807) is 13.8 Å². The molecule has 3 aliphatic heterocycles. The van der Waals surface area contributed by atoms with Gasteiger partial charge in [-0.1, -0.05) is 24.3 Å². The van der Waals surface area contributed by atoms with Gasteiger partial charge >= 0.3 is 0 Å². The van der Waals surface area contributed by atoms with Gasteiger partial charge in [-0.15, -0.1) is 0 Å². The number of carbonyl (C=O) groups excluding carboxylic acids is 6. The predicted octanol–water partition coefficient (Wildman–Crippen LogP) is 2.77. The second-order valence-corrected chi connectivity index (χ2v) is 22.1. The van der Waals surface area contributed by atoms with Crippen LogP contribution >= 0.6 is 0 Å². The predicted molar refractivity (Wildman–Crippen MR) is 275 cm³/mol. The fourth-order valence-corrected chi connectivity index (χ4v) is 13.3. The number of ether oxygens (including phenoxy) is 6. The summed E-state index contributed by atoms with van der Waals surface area (Å²) in [5, 5.41) is 94.7. The number of piperazine rings is 1. The quantitative estimate of drug-likeness (QED) is 0.0915. The van der Waals surface area contributed by atoms with Crippen molar-refractivity contribution in [2.45, 2.75) is 139 Å².